The van der Waals surface area contributed by atoms with Gasteiger partial charge in [0.2, 0.25) is 0 Å². The second-order valence-corrected chi connectivity index (χ2v) is 1.09. The monoisotopic (exact) mass is 177 g/mol. The number of aliphatic hydroxyl groups is 1. The molecular formula is C3H10NNa3O3. The maximum atomic E-state index is 9.60. The van der Waals surface area contributed by atoms with Gasteiger partial charge in [-0.25, -0.2) is 4.79 Å². The third-order valence-corrected chi connectivity index (χ3v) is 0.508. The van der Waals surface area contributed by atoms with Gasteiger partial charge in [0.25, 0.3) is 0 Å². The largest absolute Gasteiger partial charge is 1.00 e. The van der Waals surface area contributed by atoms with E-state index in [1.807, 2.05) is 0 Å². The predicted molar refractivity (Wildman–Crippen MR) is 26.0 cm³/mol. The predicted octanol–water partition coefficient (Wildman–Crippen LogP) is -10.3. The van der Waals surface area contributed by atoms with Crippen LogP contribution in [0.3, 0.4) is 0 Å². The van der Waals surface area contributed by atoms with Gasteiger partial charge < -0.3 is 20.2 Å². The first-order valence-electron chi connectivity index (χ1n) is 1.79. The molecule has 0 saturated heterocycles. The van der Waals surface area contributed by atoms with Crippen molar-refractivity contribution in [2.24, 2.45) is 5.73 Å². The fraction of sp³-hybridized carbons (Fsp3) is 0.667. The number of hydrogen-bond donors (Lipinski definition) is 3. The van der Waals surface area contributed by atoms with Gasteiger partial charge in [-0.05, 0) is 0 Å². The molecule has 7 heteroatoms. The number of rotatable bonds is 2. The van der Waals surface area contributed by atoms with Crippen molar-refractivity contribution < 1.29 is 108 Å². The molecule has 0 aliphatic rings. The van der Waals surface area contributed by atoms with Crippen molar-refractivity contribution in [2.75, 3.05) is 6.54 Å². The van der Waals surface area contributed by atoms with Gasteiger partial charge in [-0.2, -0.15) is 0 Å². The topological polar surface area (TPSA) is 83.5 Å². The van der Waals surface area contributed by atoms with Crippen LogP contribution >= 0.6 is 0 Å². The summed E-state index contributed by atoms with van der Waals surface area (Å²) in [5.41, 5.74) is 4.74. The van der Waals surface area contributed by atoms with Crippen LogP contribution in [0.2, 0.25) is 0 Å². The summed E-state index contributed by atoms with van der Waals surface area (Å²) in [6, 6.07) is 0. The van der Waals surface area contributed by atoms with E-state index in [0.717, 1.165) is 0 Å². The molecule has 0 spiro atoms. The third kappa shape index (κ3) is 13.0. The van der Waals surface area contributed by atoms with Crippen molar-refractivity contribution >= 4 is 5.97 Å². The van der Waals surface area contributed by atoms with Crippen molar-refractivity contribution in [2.45, 2.75) is 6.10 Å². The average molecular weight is 177 g/mol. The number of carbonyl (C=O) groups is 1. The number of aliphatic hydroxyl groups excluding tert-OH is 1. The zero-order chi connectivity index (χ0) is 5.86. The molecule has 0 radical (unpaired) electrons. The maximum absolute atomic E-state index is 9.60. The minimum atomic E-state index is -1.40. The molecule has 0 rings (SSSR count). The molecular weight excluding hydrogens is 167 g/mol. The van der Waals surface area contributed by atoms with Gasteiger partial charge in [-0.1, -0.05) is 0 Å². The number of carboxylic acid groups (broad SMARTS) is 1. The van der Waals surface area contributed by atoms with Crippen LogP contribution in [-0.2, 0) is 4.79 Å². The first-order valence-corrected chi connectivity index (χ1v) is 1.79. The van der Waals surface area contributed by atoms with E-state index >= 15 is 0 Å². The van der Waals surface area contributed by atoms with Crippen molar-refractivity contribution in [1.82, 2.24) is 0 Å². The molecule has 0 saturated carbocycles. The van der Waals surface area contributed by atoms with Crippen LogP contribution in [0.5, 0.6) is 0 Å². The molecule has 48 valence electrons. The summed E-state index contributed by atoms with van der Waals surface area (Å²) in [4.78, 5) is 9.60. The SMILES string of the molecule is NCC(O)C(=O)O.[H-].[H-].[H-].[Na+].[Na+].[Na+]. The zero-order valence-corrected chi connectivity index (χ0v) is 12.7. The molecule has 0 aromatic heterocycles. The Labute approximate surface area is 130 Å². The summed E-state index contributed by atoms with van der Waals surface area (Å²) in [7, 11) is 0. The molecule has 1 unspecified atom stereocenters. The molecule has 1 atom stereocenters. The first-order chi connectivity index (χ1) is 3.18. The van der Waals surface area contributed by atoms with Crippen molar-refractivity contribution in [3.63, 3.8) is 0 Å². The first kappa shape index (κ1) is 22.8. The van der Waals surface area contributed by atoms with Crippen molar-refractivity contribution in [3.05, 3.63) is 0 Å². The van der Waals surface area contributed by atoms with Gasteiger partial charge in [0, 0.05) is 6.54 Å². The Morgan fingerprint density at radius 2 is 1.80 bits per heavy atom. The Balaban J connectivity index is -0.0000000120. The fourth-order valence-corrected chi connectivity index (χ4v) is 0.101. The second kappa shape index (κ2) is 13.9. The molecule has 0 fully saturated rings. The van der Waals surface area contributed by atoms with Gasteiger partial charge in [0.1, 0.15) is 0 Å². The van der Waals surface area contributed by atoms with Gasteiger partial charge in [0.05, 0.1) is 0 Å². The maximum Gasteiger partial charge on any atom is 1.00 e. The molecule has 0 aromatic carbocycles. The standard InChI is InChI=1S/C3H7NO3.3Na.3H/c4-1-2(5)3(6)7;;;;;;/h2,5H,1,4H2,(H,6,7);;;;;;/q;3*+1;3*-1. The van der Waals surface area contributed by atoms with Gasteiger partial charge in [0.15, 0.2) is 6.10 Å². The molecule has 10 heavy (non-hydrogen) atoms. The van der Waals surface area contributed by atoms with Crippen molar-refractivity contribution in [3.8, 4) is 0 Å². The molecule has 4 nitrogen and oxygen atoms in total. The third-order valence-electron chi connectivity index (χ3n) is 0.508. The van der Waals surface area contributed by atoms with Crippen LogP contribution in [-0.4, -0.2) is 28.8 Å². The van der Waals surface area contributed by atoms with E-state index in [1.54, 1.807) is 0 Å². The quantitative estimate of drug-likeness (QED) is 0.366. The van der Waals surface area contributed by atoms with Crippen LogP contribution in [0.4, 0.5) is 0 Å². The summed E-state index contributed by atoms with van der Waals surface area (Å²) in [5.74, 6) is -1.28. The average Bonchev–Trinajstić information content (AvgIpc) is 1.65. The van der Waals surface area contributed by atoms with E-state index in [0.29, 0.717) is 0 Å². The number of hydrogen-bond acceptors (Lipinski definition) is 3. The number of nitrogens with two attached hydrogens (primary N) is 1. The molecule has 0 aliphatic heterocycles. The van der Waals surface area contributed by atoms with E-state index in [9.17, 15) is 4.79 Å². The van der Waals surface area contributed by atoms with E-state index < -0.39 is 12.1 Å². The summed E-state index contributed by atoms with van der Waals surface area (Å²) in [5, 5.41) is 16.1. The smallest absolute Gasteiger partial charge is 1.00 e. The van der Waals surface area contributed by atoms with E-state index in [-0.39, 0.29) is 99.5 Å². The summed E-state index contributed by atoms with van der Waals surface area (Å²) >= 11 is 0. The Morgan fingerprint density at radius 3 is 1.80 bits per heavy atom. The minimum absolute atomic E-state index is 0. The summed E-state index contributed by atoms with van der Waals surface area (Å²) < 4.78 is 0. The minimum Gasteiger partial charge on any atom is -1.00 e. The van der Waals surface area contributed by atoms with E-state index in [4.69, 9.17) is 15.9 Å². The van der Waals surface area contributed by atoms with Crippen LogP contribution in [0.1, 0.15) is 4.28 Å². The zero-order valence-electron chi connectivity index (χ0n) is 9.66. The van der Waals surface area contributed by atoms with Gasteiger partial charge >= 0.3 is 94.6 Å². The number of carboxylic acids is 1. The molecule has 0 bridgehead atoms. The molecule has 4 N–H and O–H groups in total. The van der Waals surface area contributed by atoms with Crippen LogP contribution < -0.4 is 94.4 Å². The fourth-order valence-electron chi connectivity index (χ4n) is 0.101. The Bertz CT molecular complexity index is 91.5. The molecule has 0 aromatic rings. The van der Waals surface area contributed by atoms with Gasteiger partial charge in [-0.3, -0.25) is 0 Å². The van der Waals surface area contributed by atoms with Crippen LogP contribution in [0.15, 0.2) is 0 Å². The summed E-state index contributed by atoms with van der Waals surface area (Å²) in [6.07, 6.45) is -1.40. The Hall–Kier alpha value is 2.39. The molecule has 0 heterocycles. The van der Waals surface area contributed by atoms with Crippen molar-refractivity contribution in [1.29, 1.82) is 0 Å². The van der Waals surface area contributed by atoms with Gasteiger partial charge in [-0.15, -0.1) is 0 Å². The van der Waals surface area contributed by atoms with E-state index in [1.165, 1.54) is 0 Å². The second-order valence-electron chi connectivity index (χ2n) is 1.09. The number of aliphatic carboxylic acids is 1. The molecule has 0 amide bonds. The Morgan fingerprint density at radius 1 is 1.50 bits per heavy atom. The Kier molecular flexibility index (Phi) is 31.8. The van der Waals surface area contributed by atoms with Crippen LogP contribution in [0.25, 0.3) is 0 Å². The van der Waals surface area contributed by atoms with E-state index in [2.05, 4.69) is 0 Å². The normalized spacial score (nSPS) is 9.40. The summed E-state index contributed by atoms with van der Waals surface area (Å²) in [6.45, 7) is -0.227. The van der Waals surface area contributed by atoms with Crippen LogP contribution in [0, 0.1) is 0 Å². The molecule has 0 aliphatic carbocycles.